The van der Waals surface area contributed by atoms with Gasteiger partial charge in [-0.25, -0.2) is 0 Å². The van der Waals surface area contributed by atoms with Gasteiger partial charge in [0.1, 0.15) is 0 Å². The van der Waals surface area contributed by atoms with Crippen molar-refractivity contribution in [2.45, 2.75) is 44.9 Å². The van der Waals surface area contributed by atoms with Gasteiger partial charge >= 0.3 is 0 Å². The molecule has 1 amide bonds. The molecule has 1 saturated carbocycles. The van der Waals surface area contributed by atoms with Crippen molar-refractivity contribution >= 4 is 17.3 Å². The van der Waals surface area contributed by atoms with E-state index >= 15 is 0 Å². The Morgan fingerprint density at radius 3 is 2.32 bits per heavy atom. The van der Waals surface area contributed by atoms with Crippen LogP contribution in [-0.4, -0.2) is 13.0 Å². The lowest BCUT2D eigenvalue weighted by molar-refractivity contribution is -0.119. The first-order valence-electron chi connectivity index (χ1n) is 7.29. The van der Waals surface area contributed by atoms with E-state index in [9.17, 15) is 4.79 Å². The van der Waals surface area contributed by atoms with Crippen molar-refractivity contribution in [3.8, 4) is 0 Å². The molecule has 0 radical (unpaired) electrons. The zero-order valence-corrected chi connectivity index (χ0v) is 11.8. The molecule has 3 heteroatoms. The molecule has 0 saturated heterocycles. The third-order valence-corrected chi connectivity index (χ3v) is 4.09. The maximum absolute atomic E-state index is 12.3. The quantitative estimate of drug-likeness (QED) is 0.667. The van der Waals surface area contributed by atoms with Crippen molar-refractivity contribution in [2.24, 2.45) is 5.92 Å². The van der Waals surface area contributed by atoms with Gasteiger partial charge in [0.15, 0.2) is 0 Å². The number of rotatable bonds is 3. The van der Waals surface area contributed by atoms with Crippen molar-refractivity contribution in [3.05, 3.63) is 24.3 Å². The van der Waals surface area contributed by atoms with E-state index in [1.807, 2.05) is 31.3 Å². The second-order valence-electron chi connectivity index (χ2n) is 5.61. The lowest BCUT2D eigenvalue weighted by Gasteiger charge is -2.21. The Kier molecular flexibility index (Phi) is 4.83. The summed E-state index contributed by atoms with van der Waals surface area (Å²) in [6, 6.07) is 7.48. The Balaban J connectivity index is 1.93. The van der Waals surface area contributed by atoms with E-state index in [0.717, 1.165) is 11.4 Å². The summed E-state index contributed by atoms with van der Waals surface area (Å²) in [5.74, 6) is 0.794. The zero-order valence-electron chi connectivity index (χ0n) is 11.8. The first-order valence-corrected chi connectivity index (χ1v) is 7.29. The van der Waals surface area contributed by atoms with Crippen LogP contribution in [0.1, 0.15) is 44.9 Å². The summed E-state index contributed by atoms with van der Waals surface area (Å²) in [6.07, 6.45) is 8.33. The second-order valence-corrected chi connectivity index (χ2v) is 5.61. The van der Waals surface area contributed by atoms with Gasteiger partial charge < -0.3 is 10.6 Å². The molecule has 1 aliphatic carbocycles. The fourth-order valence-electron chi connectivity index (χ4n) is 2.79. The van der Waals surface area contributed by atoms with Crippen molar-refractivity contribution in [2.75, 3.05) is 17.7 Å². The van der Waals surface area contributed by atoms with Crippen LogP contribution in [0.15, 0.2) is 24.3 Å². The average molecular weight is 260 g/mol. The Labute approximate surface area is 115 Å². The Morgan fingerprint density at radius 1 is 1.16 bits per heavy atom. The minimum atomic E-state index is 0.219. The molecule has 0 heterocycles. The number of anilines is 2. The van der Waals surface area contributed by atoms with Crippen LogP contribution in [0.4, 0.5) is 11.4 Å². The Morgan fingerprint density at radius 2 is 1.74 bits per heavy atom. The minimum absolute atomic E-state index is 0.219. The lowest BCUT2D eigenvalue weighted by Crippen LogP contribution is -2.28. The molecular formula is C16H24N2O. The lowest BCUT2D eigenvalue weighted by atomic mass is 9.96. The third-order valence-electron chi connectivity index (χ3n) is 4.09. The smallest absolute Gasteiger partial charge is 0.226 e. The largest absolute Gasteiger partial charge is 0.399 e. The fourth-order valence-corrected chi connectivity index (χ4v) is 2.79. The van der Waals surface area contributed by atoms with Crippen LogP contribution in [0, 0.1) is 5.92 Å². The van der Waals surface area contributed by atoms with E-state index < -0.39 is 0 Å². The SMILES string of the molecule is CN(C(=O)CC1CCCCCC1)c1ccc(N)cc1. The van der Waals surface area contributed by atoms with Crippen LogP contribution < -0.4 is 10.6 Å². The third kappa shape index (κ3) is 3.98. The molecule has 0 bridgehead atoms. The van der Waals surface area contributed by atoms with Gasteiger partial charge in [-0.05, 0) is 43.0 Å². The number of nitrogen functional groups attached to an aromatic ring is 1. The molecule has 3 nitrogen and oxygen atoms in total. The van der Waals surface area contributed by atoms with Crippen LogP contribution in [0.3, 0.4) is 0 Å². The summed E-state index contributed by atoms with van der Waals surface area (Å²) < 4.78 is 0. The van der Waals surface area contributed by atoms with Gasteiger partial charge in [-0.15, -0.1) is 0 Å². The van der Waals surface area contributed by atoms with Gasteiger partial charge in [-0.3, -0.25) is 4.79 Å². The van der Waals surface area contributed by atoms with Crippen molar-refractivity contribution in [3.63, 3.8) is 0 Å². The van der Waals surface area contributed by atoms with E-state index in [4.69, 9.17) is 5.73 Å². The number of hydrogen-bond acceptors (Lipinski definition) is 2. The molecule has 1 aliphatic rings. The standard InChI is InChI=1S/C16H24N2O/c1-18(15-10-8-14(17)9-11-15)16(19)12-13-6-4-2-3-5-7-13/h8-11,13H,2-7,12,17H2,1H3. The molecule has 2 rings (SSSR count). The predicted molar refractivity (Wildman–Crippen MR) is 80.1 cm³/mol. The molecule has 19 heavy (non-hydrogen) atoms. The fraction of sp³-hybridized carbons (Fsp3) is 0.562. The van der Waals surface area contributed by atoms with Crippen LogP contribution in [0.25, 0.3) is 0 Å². The van der Waals surface area contributed by atoms with Gasteiger partial charge in [-0.2, -0.15) is 0 Å². The van der Waals surface area contributed by atoms with Gasteiger partial charge in [0.2, 0.25) is 5.91 Å². The predicted octanol–water partition coefficient (Wildman–Crippen LogP) is 3.59. The number of nitrogens with two attached hydrogens (primary N) is 1. The molecule has 0 unspecified atom stereocenters. The molecule has 0 aliphatic heterocycles. The van der Waals surface area contributed by atoms with Gasteiger partial charge in [0, 0.05) is 24.8 Å². The summed E-state index contributed by atoms with van der Waals surface area (Å²) in [5, 5.41) is 0. The van der Waals surface area contributed by atoms with Crippen LogP contribution in [0.5, 0.6) is 0 Å². The number of benzene rings is 1. The minimum Gasteiger partial charge on any atom is -0.399 e. The number of amides is 1. The molecule has 1 aromatic carbocycles. The molecule has 1 fully saturated rings. The van der Waals surface area contributed by atoms with Crippen LogP contribution in [0.2, 0.25) is 0 Å². The maximum Gasteiger partial charge on any atom is 0.226 e. The highest BCUT2D eigenvalue weighted by atomic mass is 16.2. The highest BCUT2D eigenvalue weighted by molar-refractivity contribution is 5.93. The number of nitrogens with zero attached hydrogens (tertiary/aromatic N) is 1. The Bertz CT molecular complexity index is 405. The maximum atomic E-state index is 12.3. The molecule has 0 spiro atoms. The number of carbonyl (C=O) groups excluding carboxylic acids is 1. The average Bonchev–Trinajstić information content (AvgIpc) is 2.67. The number of hydrogen-bond donors (Lipinski definition) is 1. The van der Waals surface area contributed by atoms with Crippen molar-refractivity contribution in [1.29, 1.82) is 0 Å². The summed E-state index contributed by atoms with van der Waals surface area (Å²) in [6.45, 7) is 0. The Hall–Kier alpha value is -1.51. The molecule has 2 N–H and O–H groups in total. The second kappa shape index (κ2) is 6.60. The van der Waals surface area contributed by atoms with Gasteiger partial charge in [0.25, 0.3) is 0 Å². The van der Waals surface area contributed by atoms with E-state index in [-0.39, 0.29) is 5.91 Å². The summed E-state index contributed by atoms with van der Waals surface area (Å²) >= 11 is 0. The highest BCUT2D eigenvalue weighted by Gasteiger charge is 2.19. The van der Waals surface area contributed by atoms with Crippen molar-refractivity contribution < 1.29 is 4.79 Å². The first-order chi connectivity index (χ1) is 9.16. The highest BCUT2D eigenvalue weighted by Crippen LogP contribution is 2.26. The van der Waals surface area contributed by atoms with E-state index in [2.05, 4.69) is 0 Å². The normalized spacial score (nSPS) is 16.9. The van der Waals surface area contributed by atoms with E-state index in [1.165, 1.54) is 38.5 Å². The van der Waals surface area contributed by atoms with Gasteiger partial charge in [0.05, 0.1) is 0 Å². The first kappa shape index (κ1) is 13.9. The van der Waals surface area contributed by atoms with E-state index in [1.54, 1.807) is 4.90 Å². The zero-order chi connectivity index (χ0) is 13.7. The summed E-state index contributed by atoms with van der Waals surface area (Å²) in [4.78, 5) is 14.1. The molecular weight excluding hydrogens is 236 g/mol. The van der Waals surface area contributed by atoms with Crippen LogP contribution >= 0.6 is 0 Å². The van der Waals surface area contributed by atoms with Gasteiger partial charge in [-0.1, -0.05) is 25.7 Å². The molecule has 0 atom stereocenters. The van der Waals surface area contributed by atoms with E-state index in [0.29, 0.717) is 12.3 Å². The summed E-state index contributed by atoms with van der Waals surface area (Å²) in [5.41, 5.74) is 7.32. The van der Waals surface area contributed by atoms with Crippen LogP contribution in [-0.2, 0) is 4.79 Å². The molecule has 104 valence electrons. The molecule has 1 aromatic rings. The monoisotopic (exact) mass is 260 g/mol. The van der Waals surface area contributed by atoms with Crippen molar-refractivity contribution in [1.82, 2.24) is 0 Å². The molecule has 0 aromatic heterocycles. The number of carbonyl (C=O) groups is 1. The topological polar surface area (TPSA) is 46.3 Å². The summed E-state index contributed by atoms with van der Waals surface area (Å²) in [7, 11) is 1.85.